The van der Waals surface area contributed by atoms with Crippen molar-refractivity contribution in [1.82, 2.24) is 15.1 Å². The zero-order valence-electron chi connectivity index (χ0n) is 12.1. The van der Waals surface area contributed by atoms with Crippen molar-refractivity contribution in [1.29, 1.82) is 0 Å². The Morgan fingerprint density at radius 1 is 1.33 bits per heavy atom. The summed E-state index contributed by atoms with van der Waals surface area (Å²) >= 11 is 0. The first-order valence-corrected chi connectivity index (χ1v) is 6.90. The molecule has 1 fully saturated rings. The zero-order valence-corrected chi connectivity index (χ0v) is 12.1. The fourth-order valence-electron chi connectivity index (χ4n) is 2.54. The van der Waals surface area contributed by atoms with Crippen molar-refractivity contribution in [2.45, 2.75) is 19.3 Å². The molecule has 0 bridgehead atoms. The smallest absolute Gasteiger partial charge is 0.253 e. The Hall–Kier alpha value is -2.37. The molecule has 6 heteroatoms. The van der Waals surface area contributed by atoms with Crippen LogP contribution in [-0.2, 0) is 0 Å². The summed E-state index contributed by atoms with van der Waals surface area (Å²) in [6, 6.07) is 7.15. The summed E-state index contributed by atoms with van der Waals surface area (Å²) in [5.74, 6) is 2.08. The molecule has 110 valence electrons. The van der Waals surface area contributed by atoms with Gasteiger partial charge in [0, 0.05) is 25.6 Å². The summed E-state index contributed by atoms with van der Waals surface area (Å²) in [6.45, 7) is 3.09. The van der Waals surface area contributed by atoms with Crippen molar-refractivity contribution in [3.8, 4) is 5.75 Å². The van der Waals surface area contributed by atoms with E-state index in [9.17, 15) is 4.79 Å². The Morgan fingerprint density at radius 3 is 2.71 bits per heavy atom. The lowest BCUT2D eigenvalue weighted by Crippen LogP contribution is -2.28. The standard InChI is InChI=1S/C15H17N3O3/c1-10-16-17-14(21-10)12-7-8-18(9-12)15(19)11-3-5-13(20-2)6-4-11/h3-6,12H,7-9H2,1-2H3. The topological polar surface area (TPSA) is 68.5 Å². The van der Waals surface area contributed by atoms with E-state index in [0.29, 0.717) is 30.4 Å². The van der Waals surface area contributed by atoms with Gasteiger partial charge in [-0.05, 0) is 30.7 Å². The van der Waals surface area contributed by atoms with Crippen molar-refractivity contribution in [2.24, 2.45) is 0 Å². The van der Waals surface area contributed by atoms with E-state index in [1.807, 2.05) is 4.90 Å². The number of benzene rings is 1. The number of aryl methyl sites for hydroxylation is 1. The van der Waals surface area contributed by atoms with E-state index < -0.39 is 0 Å². The summed E-state index contributed by atoms with van der Waals surface area (Å²) < 4.78 is 10.6. The van der Waals surface area contributed by atoms with Crippen LogP contribution in [0.15, 0.2) is 28.7 Å². The van der Waals surface area contributed by atoms with Crippen molar-refractivity contribution in [3.63, 3.8) is 0 Å². The number of hydrogen-bond donors (Lipinski definition) is 0. The molecule has 1 aliphatic heterocycles. The lowest BCUT2D eigenvalue weighted by Gasteiger charge is -2.16. The number of amides is 1. The van der Waals surface area contributed by atoms with Crippen LogP contribution in [0.1, 0.15) is 34.5 Å². The van der Waals surface area contributed by atoms with Crippen LogP contribution in [0.2, 0.25) is 0 Å². The Morgan fingerprint density at radius 2 is 2.10 bits per heavy atom. The Labute approximate surface area is 122 Å². The van der Waals surface area contributed by atoms with E-state index in [4.69, 9.17) is 9.15 Å². The highest BCUT2D eigenvalue weighted by atomic mass is 16.5. The number of likely N-dealkylation sites (tertiary alicyclic amines) is 1. The first-order chi connectivity index (χ1) is 10.2. The highest BCUT2D eigenvalue weighted by Crippen LogP contribution is 2.27. The van der Waals surface area contributed by atoms with Crippen LogP contribution in [0.4, 0.5) is 0 Å². The fraction of sp³-hybridized carbons (Fsp3) is 0.400. The number of rotatable bonds is 3. The quantitative estimate of drug-likeness (QED) is 0.864. The molecule has 0 radical (unpaired) electrons. The van der Waals surface area contributed by atoms with Crippen LogP contribution >= 0.6 is 0 Å². The van der Waals surface area contributed by atoms with Crippen molar-refractivity contribution >= 4 is 5.91 Å². The molecular weight excluding hydrogens is 270 g/mol. The number of aromatic nitrogens is 2. The number of nitrogens with zero attached hydrogens (tertiary/aromatic N) is 3. The molecule has 3 rings (SSSR count). The highest BCUT2D eigenvalue weighted by molar-refractivity contribution is 5.94. The number of methoxy groups -OCH3 is 1. The van der Waals surface area contributed by atoms with Crippen LogP contribution in [0.3, 0.4) is 0 Å². The molecule has 2 aromatic rings. The normalized spacial score (nSPS) is 18.0. The second-order valence-electron chi connectivity index (χ2n) is 5.12. The van der Waals surface area contributed by atoms with Gasteiger partial charge in [-0.15, -0.1) is 10.2 Å². The average molecular weight is 287 g/mol. The molecule has 0 aliphatic carbocycles. The van der Waals surface area contributed by atoms with E-state index in [1.165, 1.54) is 0 Å². The average Bonchev–Trinajstić information content (AvgIpc) is 3.15. The van der Waals surface area contributed by atoms with Gasteiger partial charge in [-0.2, -0.15) is 0 Å². The first-order valence-electron chi connectivity index (χ1n) is 6.90. The highest BCUT2D eigenvalue weighted by Gasteiger charge is 2.31. The zero-order chi connectivity index (χ0) is 14.8. The van der Waals surface area contributed by atoms with E-state index in [1.54, 1.807) is 38.3 Å². The van der Waals surface area contributed by atoms with Gasteiger partial charge in [0.2, 0.25) is 11.8 Å². The van der Waals surface area contributed by atoms with E-state index in [0.717, 1.165) is 12.2 Å². The minimum absolute atomic E-state index is 0.0244. The van der Waals surface area contributed by atoms with Crippen LogP contribution in [0.5, 0.6) is 5.75 Å². The maximum Gasteiger partial charge on any atom is 0.253 e. The Bertz CT molecular complexity index is 636. The van der Waals surface area contributed by atoms with Gasteiger partial charge in [0.1, 0.15) is 5.75 Å². The second-order valence-corrected chi connectivity index (χ2v) is 5.12. The third kappa shape index (κ3) is 2.74. The minimum Gasteiger partial charge on any atom is -0.497 e. The fourth-order valence-corrected chi connectivity index (χ4v) is 2.54. The first kappa shape index (κ1) is 13.6. The maximum absolute atomic E-state index is 12.4. The monoisotopic (exact) mass is 287 g/mol. The molecule has 21 heavy (non-hydrogen) atoms. The molecule has 0 N–H and O–H groups in total. The molecule has 0 saturated carbocycles. The summed E-state index contributed by atoms with van der Waals surface area (Å²) in [7, 11) is 1.61. The van der Waals surface area contributed by atoms with Gasteiger partial charge in [-0.25, -0.2) is 0 Å². The molecule has 0 spiro atoms. The number of carbonyl (C=O) groups excluding carboxylic acids is 1. The van der Waals surface area contributed by atoms with Crippen LogP contribution in [-0.4, -0.2) is 41.2 Å². The van der Waals surface area contributed by atoms with Crippen LogP contribution in [0, 0.1) is 6.92 Å². The van der Waals surface area contributed by atoms with Crippen LogP contribution in [0.25, 0.3) is 0 Å². The Balaban J connectivity index is 1.68. The van der Waals surface area contributed by atoms with Gasteiger partial charge >= 0.3 is 0 Å². The molecule has 2 heterocycles. The Kier molecular flexibility index (Phi) is 3.60. The van der Waals surface area contributed by atoms with Gasteiger partial charge in [0.25, 0.3) is 5.91 Å². The number of carbonyl (C=O) groups is 1. The molecular formula is C15H17N3O3. The second kappa shape index (κ2) is 5.55. The van der Waals surface area contributed by atoms with E-state index in [2.05, 4.69) is 10.2 Å². The molecule has 1 aliphatic rings. The largest absolute Gasteiger partial charge is 0.497 e. The van der Waals surface area contributed by atoms with Gasteiger partial charge in [0.15, 0.2) is 0 Å². The number of ether oxygens (including phenoxy) is 1. The summed E-state index contributed by atoms with van der Waals surface area (Å²) in [4.78, 5) is 14.3. The SMILES string of the molecule is COc1ccc(C(=O)N2CCC(c3nnc(C)o3)C2)cc1. The summed E-state index contributed by atoms with van der Waals surface area (Å²) in [6.07, 6.45) is 0.851. The van der Waals surface area contributed by atoms with Gasteiger partial charge < -0.3 is 14.1 Å². The summed E-state index contributed by atoms with van der Waals surface area (Å²) in [5.41, 5.74) is 0.665. The number of hydrogen-bond acceptors (Lipinski definition) is 5. The van der Waals surface area contributed by atoms with Gasteiger partial charge in [-0.3, -0.25) is 4.79 Å². The van der Waals surface area contributed by atoms with Gasteiger partial charge in [-0.1, -0.05) is 0 Å². The lowest BCUT2D eigenvalue weighted by atomic mass is 10.1. The third-order valence-corrected chi connectivity index (χ3v) is 3.70. The van der Waals surface area contributed by atoms with Crippen molar-refractivity contribution in [3.05, 3.63) is 41.6 Å². The van der Waals surface area contributed by atoms with Crippen LogP contribution < -0.4 is 4.74 Å². The van der Waals surface area contributed by atoms with E-state index in [-0.39, 0.29) is 11.8 Å². The molecule has 1 aromatic carbocycles. The molecule has 6 nitrogen and oxygen atoms in total. The molecule has 1 aromatic heterocycles. The van der Waals surface area contributed by atoms with Crippen molar-refractivity contribution < 1.29 is 13.9 Å². The van der Waals surface area contributed by atoms with E-state index >= 15 is 0 Å². The molecule has 1 unspecified atom stereocenters. The predicted octanol–water partition coefficient (Wildman–Crippen LogP) is 2.02. The third-order valence-electron chi connectivity index (χ3n) is 3.70. The summed E-state index contributed by atoms with van der Waals surface area (Å²) in [5, 5.41) is 7.89. The molecule has 1 saturated heterocycles. The molecule has 1 amide bonds. The maximum atomic E-state index is 12.4. The van der Waals surface area contributed by atoms with Crippen molar-refractivity contribution in [2.75, 3.05) is 20.2 Å². The van der Waals surface area contributed by atoms with Gasteiger partial charge in [0.05, 0.1) is 13.0 Å². The predicted molar refractivity (Wildman–Crippen MR) is 75.3 cm³/mol. The lowest BCUT2D eigenvalue weighted by molar-refractivity contribution is 0.0790. The minimum atomic E-state index is 0.0244. The molecule has 1 atom stereocenters.